The summed E-state index contributed by atoms with van der Waals surface area (Å²) in [5, 5.41) is 10.3. The first kappa shape index (κ1) is 15.6. The molecule has 7 heteroatoms. The number of aromatic nitrogens is 6. The Morgan fingerprint density at radius 3 is 2.70 bits per heavy atom. The molecule has 0 bridgehead atoms. The van der Waals surface area contributed by atoms with Crippen molar-refractivity contribution < 1.29 is 0 Å². The highest BCUT2D eigenvalue weighted by atomic mass is 32.2. The summed E-state index contributed by atoms with van der Waals surface area (Å²) >= 11 is 1.51. The minimum Gasteiger partial charge on any atom is -0.301 e. The van der Waals surface area contributed by atoms with E-state index in [9.17, 15) is 0 Å². The third kappa shape index (κ3) is 3.39. The van der Waals surface area contributed by atoms with Crippen LogP contribution in [0.4, 0.5) is 0 Å². The van der Waals surface area contributed by atoms with E-state index >= 15 is 0 Å². The molecule has 0 aliphatic carbocycles. The predicted molar refractivity (Wildman–Crippen MR) is 89.2 cm³/mol. The van der Waals surface area contributed by atoms with Crippen LogP contribution in [-0.2, 0) is 13.0 Å². The van der Waals surface area contributed by atoms with Crippen LogP contribution in [0.15, 0.2) is 40.6 Å². The van der Waals surface area contributed by atoms with E-state index in [0.717, 1.165) is 46.2 Å². The van der Waals surface area contributed by atoms with Crippen molar-refractivity contribution in [3.63, 3.8) is 0 Å². The molecule has 0 N–H and O–H groups in total. The second-order valence-corrected chi connectivity index (χ2v) is 5.95. The van der Waals surface area contributed by atoms with Gasteiger partial charge in [0.1, 0.15) is 16.5 Å². The van der Waals surface area contributed by atoms with Crippen LogP contribution in [0.2, 0.25) is 0 Å². The van der Waals surface area contributed by atoms with E-state index in [-0.39, 0.29) is 0 Å². The monoisotopic (exact) mass is 326 g/mol. The highest BCUT2D eigenvalue weighted by Gasteiger charge is 2.15. The fourth-order valence-electron chi connectivity index (χ4n) is 2.26. The summed E-state index contributed by atoms with van der Waals surface area (Å²) in [5.41, 5.74) is 1.86. The van der Waals surface area contributed by atoms with E-state index in [1.54, 1.807) is 6.20 Å². The van der Waals surface area contributed by atoms with Gasteiger partial charge >= 0.3 is 0 Å². The van der Waals surface area contributed by atoms with Crippen LogP contribution in [0.25, 0.3) is 11.5 Å². The van der Waals surface area contributed by atoms with Crippen LogP contribution in [0, 0.1) is 6.92 Å². The zero-order valence-corrected chi connectivity index (χ0v) is 14.2. The molecule has 3 rings (SSSR count). The van der Waals surface area contributed by atoms with Crippen LogP contribution in [-0.4, -0.2) is 29.7 Å². The van der Waals surface area contributed by atoms with Crippen molar-refractivity contribution in [2.24, 2.45) is 0 Å². The third-order valence-electron chi connectivity index (χ3n) is 3.35. The molecule has 3 heterocycles. The molecule has 0 saturated heterocycles. The van der Waals surface area contributed by atoms with Gasteiger partial charge in [0.25, 0.3) is 0 Å². The molecule has 0 fully saturated rings. The lowest BCUT2D eigenvalue weighted by molar-refractivity contribution is 0.685. The number of pyridine rings is 1. The molecule has 3 aromatic rings. The SMILES string of the molecule is CCc1cc(Sc2nnc(-c3ccccn3)n2CC)nc(C)n1. The number of hydrogen-bond donors (Lipinski definition) is 0. The maximum absolute atomic E-state index is 4.49. The van der Waals surface area contributed by atoms with E-state index in [2.05, 4.69) is 43.6 Å². The summed E-state index contributed by atoms with van der Waals surface area (Å²) in [5.74, 6) is 1.55. The Morgan fingerprint density at radius 1 is 1.13 bits per heavy atom. The highest BCUT2D eigenvalue weighted by molar-refractivity contribution is 7.99. The second kappa shape index (κ2) is 6.87. The van der Waals surface area contributed by atoms with Crippen LogP contribution in [0.5, 0.6) is 0 Å². The van der Waals surface area contributed by atoms with E-state index in [1.807, 2.05) is 31.2 Å². The van der Waals surface area contributed by atoms with Gasteiger partial charge in [-0.3, -0.25) is 4.98 Å². The Kier molecular flexibility index (Phi) is 4.66. The Bertz CT molecular complexity index is 800. The van der Waals surface area contributed by atoms with Crippen molar-refractivity contribution in [1.29, 1.82) is 0 Å². The van der Waals surface area contributed by atoms with Crippen molar-refractivity contribution in [2.45, 2.75) is 43.9 Å². The molecule has 0 amide bonds. The molecule has 3 aromatic heterocycles. The van der Waals surface area contributed by atoms with E-state index in [1.165, 1.54) is 11.8 Å². The number of hydrogen-bond acceptors (Lipinski definition) is 6. The third-order valence-corrected chi connectivity index (χ3v) is 4.26. The van der Waals surface area contributed by atoms with E-state index < -0.39 is 0 Å². The largest absolute Gasteiger partial charge is 0.301 e. The molecule has 0 aromatic carbocycles. The Labute approximate surface area is 139 Å². The van der Waals surface area contributed by atoms with Gasteiger partial charge in [-0.15, -0.1) is 10.2 Å². The molecule has 0 spiro atoms. The molecule has 0 aliphatic rings. The lowest BCUT2D eigenvalue weighted by Gasteiger charge is -2.07. The standard InChI is InChI=1S/C16H18N6S/c1-4-12-10-14(19-11(3)18-12)23-16-21-20-15(22(16)5-2)13-8-6-7-9-17-13/h6-10H,4-5H2,1-3H3. The number of aryl methyl sites for hydroxylation is 2. The minimum absolute atomic E-state index is 0.770. The minimum atomic E-state index is 0.770. The molecular weight excluding hydrogens is 308 g/mol. The summed E-state index contributed by atoms with van der Waals surface area (Å²) in [6, 6.07) is 7.79. The van der Waals surface area contributed by atoms with Gasteiger partial charge in [-0.1, -0.05) is 13.0 Å². The molecular formula is C16H18N6S. The quantitative estimate of drug-likeness (QED) is 0.671. The summed E-state index contributed by atoms with van der Waals surface area (Å²) in [6.07, 6.45) is 2.65. The summed E-state index contributed by atoms with van der Waals surface area (Å²) in [4.78, 5) is 13.3. The van der Waals surface area contributed by atoms with Crippen molar-refractivity contribution in [1.82, 2.24) is 29.7 Å². The topological polar surface area (TPSA) is 69.4 Å². The van der Waals surface area contributed by atoms with Gasteiger partial charge in [0.05, 0.1) is 0 Å². The molecule has 23 heavy (non-hydrogen) atoms. The van der Waals surface area contributed by atoms with Crippen LogP contribution < -0.4 is 0 Å². The molecule has 0 unspecified atom stereocenters. The first-order valence-electron chi connectivity index (χ1n) is 7.58. The van der Waals surface area contributed by atoms with Crippen LogP contribution in [0.3, 0.4) is 0 Å². The molecule has 0 saturated carbocycles. The maximum atomic E-state index is 4.49. The van der Waals surface area contributed by atoms with Crippen molar-refractivity contribution in [3.05, 3.63) is 42.0 Å². The second-order valence-electron chi connectivity index (χ2n) is 4.97. The van der Waals surface area contributed by atoms with Gasteiger partial charge < -0.3 is 4.57 Å². The summed E-state index contributed by atoms with van der Waals surface area (Å²) < 4.78 is 2.05. The van der Waals surface area contributed by atoms with Gasteiger partial charge in [0.15, 0.2) is 11.0 Å². The van der Waals surface area contributed by atoms with Crippen LogP contribution >= 0.6 is 11.8 Å². The molecule has 6 nitrogen and oxygen atoms in total. The molecule has 0 radical (unpaired) electrons. The lowest BCUT2D eigenvalue weighted by atomic mass is 10.3. The average molecular weight is 326 g/mol. The van der Waals surface area contributed by atoms with E-state index in [0.29, 0.717) is 0 Å². The highest BCUT2D eigenvalue weighted by Crippen LogP contribution is 2.28. The number of nitrogens with zero attached hydrogens (tertiary/aromatic N) is 6. The van der Waals surface area contributed by atoms with Crippen molar-refractivity contribution >= 4 is 11.8 Å². The summed E-state index contributed by atoms with van der Waals surface area (Å²) in [6.45, 7) is 6.84. The zero-order chi connectivity index (χ0) is 16.2. The van der Waals surface area contributed by atoms with Gasteiger partial charge in [-0.05, 0) is 50.2 Å². The molecule has 0 aliphatic heterocycles. The summed E-state index contributed by atoms with van der Waals surface area (Å²) in [7, 11) is 0. The zero-order valence-electron chi connectivity index (χ0n) is 13.4. The average Bonchev–Trinajstić information content (AvgIpc) is 2.97. The van der Waals surface area contributed by atoms with E-state index in [4.69, 9.17) is 0 Å². The van der Waals surface area contributed by atoms with Gasteiger partial charge in [0.2, 0.25) is 0 Å². The van der Waals surface area contributed by atoms with Gasteiger partial charge in [0, 0.05) is 18.4 Å². The van der Waals surface area contributed by atoms with Crippen LogP contribution in [0.1, 0.15) is 25.4 Å². The lowest BCUT2D eigenvalue weighted by Crippen LogP contribution is -2.01. The van der Waals surface area contributed by atoms with Crippen molar-refractivity contribution in [3.8, 4) is 11.5 Å². The van der Waals surface area contributed by atoms with Gasteiger partial charge in [-0.2, -0.15) is 0 Å². The normalized spacial score (nSPS) is 10.9. The molecule has 118 valence electrons. The Balaban J connectivity index is 1.95. The molecule has 0 atom stereocenters. The predicted octanol–water partition coefficient (Wildman–Crippen LogP) is 3.17. The number of rotatable bonds is 5. The van der Waals surface area contributed by atoms with Crippen molar-refractivity contribution in [2.75, 3.05) is 0 Å². The Morgan fingerprint density at radius 2 is 2.00 bits per heavy atom. The van der Waals surface area contributed by atoms with Gasteiger partial charge in [-0.25, -0.2) is 9.97 Å². The fourth-order valence-corrected chi connectivity index (χ4v) is 3.23. The maximum Gasteiger partial charge on any atom is 0.197 e. The fraction of sp³-hybridized carbons (Fsp3) is 0.312. The smallest absolute Gasteiger partial charge is 0.197 e. The first-order chi connectivity index (χ1) is 11.2. The first-order valence-corrected chi connectivity index (χ1v) is 8.40. The Hall–Kier alpha value is -2.28.